The lowest BCUT2D eigenvalue weighted by Gasteiger charge is -2.22. The zero-order valence-corrected chi connectivity index (χ0v) is 13.4. The smallest absolute Gasteiger partial charge is 0.408 e. The van der Waals surface area contributed by atoms with Crippen LogP contribution in [0.3, 0.4) is 0 Å². The fraction of sp³-hybridized carbons (Fsp3) is 0.400. The topological polar surface area (TPSA) is 143 Å². The number of nitrogens with zero attached hydrogens (tertiary/aromatic N) is 2. The minimum Gasteiger partial charge on any atom is -0.480 e. The Labute approximate surface area is 138 Å². The summed E-state index contributed by atoms with van der Waals surface area (Å²) in [5.41, 5.74) is -1.03. The summed E-state index contributed by atoms with van der Waals surface area (Å²) in [6, 6.07) is 4.06. The lowest BCUT2D eigenvalue weighted by atomic mass is 10.0. The van der Waals surface area contributed by atoms with Gasteiger partial charge in [0.25, 0.3) is 5.69 Å². The number of carboxylic acids is 1. The van der Waals surface area contributed by atoms with Crippen LogP contribution in [0.5, 0.6) is 0 Å². The van der Waals surface area contributed by atoms with Crippen molar-refractivity contribution in [1.29, 1.82) is 5.26 Å². The summed E-state index contributed by atoms with van der Waals surface area (Å²) in [4.78, 5) is 33.4. The Bertz CT molecular complexity index is 702. The fourth-order valence-electron chi connectivity index (χ4n) is 1.85. The van der Waals surface area contributed by atoms with Gasteiger partial charge in [-0.25, -0.2) is 9.59 Å². The highest BCUT2D eigenvalue weighted by molar-refractivity contribution is 5.80. The molecule has 0 fully saturated rings. The minimum absolute atomic E-state index is 0.0810. The van der Waals surface area contributed by atoms with Gasteiger partial charge in [-0.05, 0) is 26.8 Å². The van der Waals surface area contributed by atoms with Gasteiger partial charge in [-0.3, -0.25) is 10.1 Å². The maximum Gasteiger partial charge on any atom is 0.408 e. The van der Waals surface area contributed by atoms with E-state index in [-0.39, 0.29) is 23.2 Å². The van der Waals surface area contributed by atoms with Crippen molar-refractivity contribution in [2.45, 2.75) is 38.8 Å². The molecule has 0 saturated carbocycles. The number of hydrogen-bond donors (Lipinski definition) is 2. The summed E-state index contributed by atoms with van der Waals surface area (Å²) in [7, 11) is 0. The number of aliphatic carboxylic acids is 1. The quantitative estimate of drug-likeness (QED) is 0.618. The normalized spacial score (nSPS) is 11.9. The van der Waals surface area contributed by atoms with E-state index in [9.17, 15) is 24.8 Å². The van der Waals surface area contributed by atoms with E-state index in [1.165, 1.54) is 12.1 Å². The van der Waals surface area contributed by atoms with Gasteiger partial charge in [0.1, 0.15) is 11.6 Å². The highest BCUT2D eigenvalue weighted by atomic mass is 16.6. The van der Waals surface area contributed by atoms with Crippen LogP contribution in [0.25, 0.3) is 0 Å². The third kappa shape index (κ3) is 5.57. The molecule has 0 spiro atoms. The molecule has 0 aliphatic rings. The van der Waals surface area contributed by atoms with Crippen LogP contribution < -0.4 is 5.32 Å². The second-order valence-electron chi connectivity index (χ2n) is 5.95. The summed E-state index contributed by atoms with van der Waals surface area (Å²) >= 11 is 0. The van der Waals surface area contributed by atoms with E-state index >= 15 is 0 Å². The third-order valence-electron chi connectivity index (χ3n) is 2.82. The van der Waals surface area contributed by atoms with Gasteiger partial charge in [0, 0.05) is 18.1 Å². The van der Waals surface area contributed by atoms with Crippen LogP contribution in [-0.2, 0) is 16.0 Å². The minimum atomic E-state index is -1.41. The van der Waals surface area contributed by atoms with Crippen molar-refractivity contribution in [3.63, 3.8) is 0 Å². The van der Waals surface area contributed by atoms with Gasteiger partial charge >= 0.3 is 12.1 Å². The second-order valence-corrected chi connectivity index (χ2v) is 5.95. The number of carbonyl (C=O) groups is 2. The highest BCUT2D eigenvalue weighted by Crippen LogP contribution is 2.22. The molecule has 24 heavy (non-hydrogen) atoms. The number of benzene rings is 1. The number of carbonyl (C=O) groups excluding carboxylic acids is 1. The first-order valence-corrected chi connectivity index (χ1v) is 6.93. The van der Waals surface area contributed by atoms with E-state index in [2.05, 4.69) is 5.32 Å². The van der Waals surface area contributed by atoms with Gasteiger partial charge < -0.3 is 15.2 Å². The molecule has 2 N–H and O–H groups in total. The number of alkyl carbamates (subject to hydrolysis) is 1. The van der Waals surface area contributed by atoms with Crippen molar-refractivity contribution in [3.05, 3.63) is 39.4 Å². The number of nitro benzene ring substituents is 1. The number of ether oxygens (including phenoxy) is 1. The van der Waals surface area contributed by atoms with E-state index in [4.69, 9.17) is 10.00 Å². The predicted molar refractivity (Wildman–Crippen MR) is 82.3 cm³/mol. The highest BCUT2D eigenvalue weighted by Gasteiger charge is 2.27. The second kappa shape index (κ2) is 7.41. The van der Waals surface area contributed by atoms with E-state index in [1.807, 2.05) is 0 Å². The average molecular weight is 335 g/mol. The molecule has 1 atom stereocenters. The monoisotopic (exact) mass is 335 g/mol. The lowest BCUT2D eigenvalue weighted by molar-refractivity contribution is -0.385. The molecule has 128 valence electrons. The standard InChI is InChI=1S/C15H17N3O6/c1-15(2,3)24-14(21)17-11(13(19)20)7-10-5-4-9(8-16)6-12(10)18(22)23/h4-6,11H,7H2,1-3H3,(H,17,21)(H,19,20)/t11-/m1/s1. The van der Waals surface area contributed by atoms with Crippen LogP contribution in [0, 0.1) is 21.4 Å². The van der Waals surface area contributed by atoms with Crippen molar-refractivity contribution in [3.8, 4) is 6.07 Å². The van der Waals surface area contributed by atoms with Crippen molar-refractivity contribution >= 4 is 17.7 Å². The van der Waals surface area contributed by atoms with Gasteiger partial charge in [-0.2, -0.15) is 5.26 Å². The van der Waals surface area contributed by atoms with Crippen LogP contribution in [-0.4, -0.2) is 33.7 Å². The predicted octanol–water partition coefficient (Wildman–Crippen LogP) is 1.99. The number of nitro groups is 1. The summed E-state index contributed by atoms with van der Waals surface area (Å²) in [6.07, 6.45) is -1.26. The molecule has 9 nitrogen and oxygen atoms in total. The average Bonchev–Trinajstić information content (AvgIpc) is 2.44. The number of carboxylic acid groups (broad SMARTS) is 1. The first-order chi connectivity index (χ1) is 11.0. The fourth-order valence-corrected chi connectivity index (χ4v) is 1.85. The van der Waals surface area contributed by atoms with Crippen molar-refractivity contribution in [2.75, 3.05) is 0 Å². The molecule has 0 bridgehead atoms. The molecule has 0 aliphatic heterocycles. The van der Waals surface area contributed by atoms with Gasteiger partial charge in [-0.15, -0.1) is 0 Å². The number of nitrogens with one attached hydrogen (secondary N) is 1. The summed E-state index contributed by atoms with van der Waals surface area (Å²) in [5.74, 6) is -1.36. The summed E-state index contributed by atoms with van der Waals surface area (Å²) in [5, 5.41) is 31.3. The first kappa shape index (κ1) is 18.9. The molecule has 1 amide bonds. The zero-order chi connectivity index (χ0) is 18.5. The molecule has 0 aliphatic carbocycles. The molecule has 0 unspecified atom stereocenters. The maximum absolute atomic E-state index is 11.7. The van der Waals surface area contributed by atoms with Gasteiger partial charge in [0.15, 0.2) is 0 Å². The van der Waals surface area contributed by atoms with Crippen LogP contribution in [0.15, 0.2) is 18.2 Å². The Hall–Kier alpha value is -3.15. The molecule has 0 heterocycles. The van der Waals surface area contributed by atoms with Crippen LogP contribution in [0.2, 0.25) is 0 Å². The van der Waals surface area contributed by atoms with E-state index in [0.29, 0.717) is 0 Å². The van der Waals surface area contributed by atoms with Crippen LogP contribution in [0.1, 0.15) is 31.9 Å². The van der Waals surface area contributed by atoms with Crippen molar-refractivity contribution in [1.82, 2.24) is 5.32 Å². The summed E-state index contributed by atoms with van der Waals surface area (Å²) < 4.78 is 4.98. The van der Waals surface area contributed by atoms with Gasteiger partial charge in [0.2, 0.25) is 0 Å². The molecule has 0 radical (unpaired) electrons. The number of rotatable bonds is 5. The van der Waals surface area contributed by atoms with Gasteiger partial charge in [0.05, 0.1) is 16.6 Å². The van der Waals surface area contributed by atoms with Crippen molar-refractivity contribution < 1.29 is 24.4 Å². The lowest BCUT2D eigenvalue weighted by Crippen LogP contribution is -2.44. The van der Waals surface area contributed by atoms with Crippen LogP contribution in [0.4, 0.5) is 10.5 Å². The Kier molecular flexibility index (Phi) is 5.84. The molecular formula is C15H17N3O6. The Morgan fingerprint density at radius 1 is 1.46 bits per heavy atom. The molecule has 0 aromatic heterocycles. The molecule has 9 heteroatoms. The zero-order valence-electron chi connectivity index (χ0n) is 13.4. The van der Waals surface area contributed by atoms with Gasteiger partial charge in [-0.1, -0.05) is 6.07 Å². The first-order valence-electron chi connectivity index (χ1n) is 6.93. The van der Waals surface area contributed by atoms with Crippen molar-refractivity contribution in [2.24, 2.45) is 0 Å². The van der Waals surface area contributed by atoms with E-state index in [0.717, 1.165) is 6.07 Å². The number of amides is 1. The molecule has 1 aromatic carbocycles. The van der Waals surface area contributed by atoms with Crippen LogP contribution >= 0.6 is 0 Å². The number of hydrogen-bond acceptors (Lipinski definition) is 6. The summed E-state index contributed by atoms with van der Waals surface area (Å²) in [6.45, 7) is 4.86. The third-order valence-corrected chi connectivity index (χ3v) is 2.82. The van der Waals surface area contributed by atoms with E-state index < -0.39 is 28.6 Å². The number of nitriles is 1. The maximum atomic E-state index is 11.7. The molecule has 1 aromatic rings. The Balaban J connectivity index is 3.02. The molecule has 0 saturated heterocycles. The Morgan fingerprint density at radius 3 is 2.54 bits per heavy atom. The largest absolute Gasteiger partial charge is 0.480 e. The van der Waals surface area contributed by atoms with E-state index in [1.54, 1.807) is 26.8 Å². The molecule has 1 rings (SSSR count). The molecular weight excluding hydrogens is 318 g/mol. The Morgan fingerprint density at radius 2 is 2.08 bits per heavy atom. The SMILES string of the molecule is CC(C)(C)OC(=O)N[C@H](Cc1ccc(C#N)cc1[N+](=O)[O-])C(=O)O.